The number of aromatic nitrogens is 1. The Balaban J connectivity index is 1.70. The van der Waals surface area contributed by atoms with Gasteiger partial charge in [0.25, 0.3) is 0 Å². The maximum absolute atomic E-state index is 5.13. The molecule has 0 bridgehead atoms. The minimum atomic E-state index is 0.718. The van der Waals surface area contributed by atoms with E-state index >= 15 is 0 Å². The van der Waals surface area contributed by atoms with Gasteiger partial charge < -0.3 is 14.5 Å². The number of ether oxygens (including phenoxy) is 1. The Bertz CT molecular complexity index is 423. The Hall–Kier alpha value is -1.81. The molecule has 0 atom stereocenters. The third-order valence-corrected chi connectivity index (χ3v) is 2.53. The average Bonchev–Trinajstić information content (AvgIpc) is 2.88. The lowest BCUT2D eigenvalue weighted by molar-refractivity contribution is 0.414. The molecule has 17 heavy (non-hydrogen) atoms. The smallest absolute Gasteiger partial charge is 0.180 e. The lowest BCUT2D eigenvalue weighted by atomic mass is 10.1. The van der Waals surface area contributed by atoms with Gasteiger partial charge in [0.05, 0.1) is 19.9 Å². The highest BCUT2D eigenvalue weighted by molar-refractivity contribution is 5.27. The Morgan fingerprint density at radius 3 is 2.76 bits per heavy atom. The molecule has 4 heteroatoms. The van der Waals surface area contributed by atoms with Crippen LogP contribution in [0.2, 0.25) is 0 Å². The van der Waals surface area contributed by atoms with Gasteiger partial charge in [-0.2, -0.15) is 0 Å². The fourth-order valence-electron chi connectivity index (χ4n) is 1.57. The van der Waals surface area contributed by atoms with Crippen molar-refractivity contribution in [3.05, 3.63) is 48.2 Å². The molecule has 1 aromatic heterocycles. The van der Waals surface area contributed by atoms with E-state index in [9.17, 15) is 0 Å². The number of nitrogens with one attached hydrogen (secondary N) is 1. The molecule has 4 nitrogen and oxygen atoms in total. The Morgan fingerprint density at radius 1 is 1.29 bits per heavy atom. The van der Waals surface area contributed by atoms with Gasteiger partial charge in [-0.1, -0.05) is 12.1 Å². The van der Waals surface area contributed by atoms with Crippen molar-refractivity contribution in [3.63, 3.8) is 0 Å². The van der Waals surface area contributed by atoms with Gasteiger partial charge >= 0.3 is 0 Å². The summed E-state index contributed by atoms with van der Waals surface area (Å²) < 4.78 is 10.2. The van der Waals surface area contributed by atoms with Crippen LogP contribution in [-0.4, -0.2) is 18.6 Å². The van der Waals surface area contributed by atoms with Crippen LogP contribution in [0.3, 0.4) is 0 Å². The maximum Gasteiger partial charge on any atom is 0.180 e. The largest absolute Gasteiger partial charge is 0.497 e. The minimum Gasteiger partial charge on any atom is -0.497 e. The summed E-state index contributed by atoms with van der Waals surface area (Å²) >= 11 is 0. The summed E-state index contributed by atoms with van der Waals surface area (Å²) in [5.74, 6) is 1.75. The van der Waals surface area contributed by atoms with Crippen LogP contribution in [0.15, 0.2) is 41.3 Å². The Kier molecular flexibility index (Phi) is 4.16. The number of rotatable bonds is 6. The van der Waals surface area contributed by atoms with Gasteiger partial charge in [0.1, 0.15) is 11.5 Å². The summed E-state index contributed by atoms with van der Waals surface area (Å²) in [7, 11) is 1.67. The molecule has 90 valence electrons. The molecular formula is C13H16N2O2. The Morgan fingerprint density at radius 2 is 2.12 bits per heavy atom. The minimum absolute atomic E-state index is 0.718. The highest BCUT2D eigenvalue weighted by Crippen LogP contribution is 2.11. The van der Waals surface area contributed by atoms with Gasteiger partial charge in [0, 0.05) is 0 Å². The van der Waals surface area contributed by atoms with Crippen LogP contribution in [0.4, 0.5) is 0 Å². The second-order valence-corrected chi connectivity index (χ2v) is 3.74. The number of nitrogens with zero attached hydrogens (tertiary/aromatic N) is 1. The maximum atomic E-state index is 5.13. The van der Waals surface area contributed by atoms with Crippen molar-refractivity contribution >= 4 is 0 Å². The van der Waals surface area contributed by atoms with E-state index in [0.717, 1.165) is 31.0 Å². The molecule has 0 aliphatic carbocycles. The number of benzene rings is 1. The highest BCUT2D eigenvalue weighted by atomic mass is 16.5. The van der Waals surface area contributed by atoms with Crippen LogP contribution in [-0.2, 0) is 13.0 Å². The highest BCUT2D eigenvalue weighted by Gasteiger charge is 1.97. The quantitative estimate of drug-likeness (QED) is 0.774. The molecule has 1 heterocycles. The second kappa shape index (κ2) is 6.06. The third kappa shape index (κ3) is 3.60. The predicted molar refractivity (Wildman–Crippen MR) is 64.9 cm³/mol. The van der Waals surface area contributed by atoms with Crippen LogP contribution >= 0.6 is 0 Å². The van der Waals surface area contributed by atoms with Crippen LogP contribution in [0.25, 0.3) is 0 Å². The predicted octanol–water partition coefficient (Wildman–Crippen LogP) is 2.02. The third-order valence-electron chi connectivity index (χ3n) is 2.53. The van der Waals surface area contributed by atoms with E-state index in [2.05, 4.69) is 22.4 Å². The molecule has 0 spiro atoms. The van der Waals surface area contributed by atoms with E-state index < -0.39 is 0 Å². The van der Waals surface area contributed by atoms with Crippen LogP contribution < -0.4 is 10.1 Å². The first-order valence-corrected chi connectivity index (χ1v) is 5.59. The van der Waals surface area contributed by atoms with E-state index in [1.54, 1.807) is 13.3 Å². The van der Waals surface area contributed by atoms with E-state index in [0.29, 0.717) is 0 Å². The average molecular weight is 232 g/mol. The van der Waals surface area contributed by atoms with E-state index in [1.807, 2.05) is 12.1 Å². The molecule has 0 aliphatic rings. The van der Waals surface area contributed by atoms with Crippen LogP contribution in [0.1, 0.15) is 11.3 Å². The van der Waals surface area contributed by atoms with Gasteiger partial charge in [-0.15, -0.1) is 0 Å². The zero-order valence-corrected chi connectivity index (χ0v) is 9.85. The summed E-state index contributed by atoms with van der Waals surface area (Å²) in [5.41, 5.74) is 1.29. The van der Waals surface area contributed by atoms with Crippen LogP contribution in [0.5, 0.6) is 5.75 Å². The van der Waals surface area contributed by atoms with Crippen molar-refractivity contribution in [1.82, 2.24) is 10.3 Å². The summed E-state index contributed by atoms with van der Waals surface area (Å²) in [6.45, 7) is 1.63. The van der Waals surface area contributed by atoms with Crippen molar-refractivity contribution in [1.29, 1.82) is 0 Å². The monoisotopic (exact) mass is 232 g/mol. The first-order chi connectivity index (χ1) is 8.38. The summed E-state index contributed by atoms with van der Waals surface area (Å²) in [4.78, 5) is 3.86. The normalized spacial score (nSPS) is 10.4. The molecule has 0 unspecified atom stereocenters. The number of hydrogen-bond donors (Lipinski definition) is 1. The molecule has 0 radical (unpaired) electrons. The van der Waals surface area contributed by atoms with Crippen molar-refractivity contribution in [3.8, 4) is 5.75 Å². The fourth-order valence-corrected chi connectivity index (χ4v) is 1.57. The molecule has 0 saturated heterocycles. The number of oxazole rings is 1. The molecule has 2 aromatic rings. The second-order valence-electron chi connectivity index (χ2n) is 3.74. The molecule has 1 N–H and O–H groups in total. The van der Waals surface area contributed by atoms with Gasteiger partial charge in [0.2, 0.25) is 0 Å². The van der Waals surface area contributed by atoms with Crippen LogP contribution in [0, 0.1) is 0 Å². The van der Waals surface area contributed by atoms with Crippen molar-refractivity contribution in [2.24, 2.45) is 0 Å². The van der Waals surface area contributed by atoms with E-state index in [1.165, 1.54) is 12.0 Å². The van der Waals surface area contributed by atoms with Gasteiger partial charge in [0.15, 0.2) is 6.39 Å². The van der Waals surface area contributed by atoms with Gasteiger partial charge in [-0.25, -0.2) is 4.98 Å². The Labute approximate surface area is 101 Å². The molecule has 0 saturated carbocycles. The SMILES string of the molecule is COc1ccc(CCNCc2cnco2)cc1. The first-order valence-electron chi connectivity index (χ1n) is 5.59. The summed E-state index contributed by atoms with van der Waals surface area (Å²) in [5, 5.41) is 3.30. The first kappa shape index (κ1) is 11.7. The molecule has 2 rings (SSSR count). The standard InChI is InChI=1S/C13H16N2O2/c1-16-12-4-2-11(3-5-12)6-7-14-8-13-9-15-10-17-13/h2-5,9-10,14H,6-8H2,1H3. The topological polar surface area (TPSA) is 47.3 Å². The molecule has 0 amide bonds. The molecular weight excluding hydrogens is 216 g/mol. The van der Waals surface area contributed by atoms with Crippen molar-refractivity contribution in [2.45, 2.75) is 13.0 Å². The molecule has 0 fully saturated rings. The zero-order chi connectivity index (χ0) is 11.9. The molecule has 1 aromatic carbocycles. The number of methoxy groups -OCH3 is 1. The molecule has 0 aliphatic heterocycles. The van der Waals surface area contributed by atoms with E-state index in [4.69, 9.17) is 9.15 Å². The van der Waals surface area contributed by atoms with Crippen molar-refractivity contribution in [2.75, 3.05) is 13.7 Å². The summed E-state index contributed by atoms with van der Waals surface area (Å²) in [6, 6.07) is 8.11. The zero-order valence-electron chi connectivity index (χ0n) is 9.85. The fraction of sp³-hybridized carbons (Fsp3) is 0.308. The lowest BCUT2D eigenvalue weighted by Crippen LogP contribution is -2.16. The van der Waals surface area contributed by atoms with Gasteiger partial charge in [-0.3, -0.25) is 0 Å². The lowest BCUT2D eigenvalue weighted by Gasteiger charge is -2.04. The number of hydrogen-bond acceptors (Lipinski definition) is 4. The van der Waals surface area contributed by atoms with Crippen molar-refractivity contribution < 1.29 is 9.15 Å². The van der Waals surface area contributed by atoms with E-state index in [-0.39, 0.29) is 0 Å². The van der Waals surface area contributed by atoms with Gasteiger partial charge in [-0.05, 0) is 30.7 Å². The summed E-state index contributed by atoms with van der Waals surface area (Å²) in [6.07, 6.45) is 4.15.